The highest BCUT2D eigenvalue weighted by atomic mass is 28.5. The lowest BCUT2D eigenvalue weighted by Gasteiger charge is -2.36. The van der Waals surface area contributed by atoms with Crippen LogP contribution in [-0.4, -0.2) is 49.8 Å². The topological polar surface area (TPSA) is 68.2 Å². The Morgan fingerprint density at radius 3 is 1.70 bits per heavy atom. The molecule has 23 heavy (non-hydrogen) atoms. The van der Waals surface area contributed by atoms with Crippen molar-refractivity contribution in [2.75, 3.05) is 6.23 Å². The standard InChI is InChI=1S/C14H30O5Si4/c1-20(2,18-21(3,4)15)13-17-23(7,19-22(5,6)16)14-11-9-8-10-12-14/h8-12,15-16H,13H2,1-7H3. The van der Waals surface area contributed by atoms with Gasteiger partial charge in [-0.25, -0.2) is 0 Å². The van der Waals surface area contributed by atoms with Gasteiger partial charge in [0.05, 0.1) is 6.23 Å². The lowest BCUT2D eigenvalue weighted by atomic mass is 10.4. The first-order valence-corrected chi connectivity index (χ1v) is 18.9. The van der Waals surface area contributed by atoms with Crippen LogP contribution in [0.2, 0.25) is 45.8 Å². The maximum absolute atomic E-state index is 10.2. The Balaban J connectivity index is 2.95. The zero-order valence-corrected chi connectivity index (χ0v) is 19.2. The van der Waals surface area contributed by atoms with Gasteiger partial charge in [-0.2, -0.15) is 0 Å². The van der Waals surface area contributed by atoms with Gasteiger partial charge in [-0.05, 0) is 51.0 Å². The van der Waals surface area contributed by atoms with Crippen LogP contribution in [0, 0.1) is 0 Å². The van der Waals surface area contributed by atoms with Gasteiger partial charge < -0.3 is 22.2 Å². The largest absolute Gasteiger partial charge is 0.434 e. The third-order valence-corrected chi connectivity index (χ3v) is 13.9. The molecule has 1 atom stereocenters. The highest BCUT2D eigenvalue weighted by Gasteiger charge is 2.43. The fraction of sp³-hybridized carbons (Fsp3) is 0.571. The van der Waals surface area contributed by atoms with Crippen LogP contribution in [0.25, 0.3) is 0 Å². The SMILES string of the molecule is C[Si](C)(O)O[Si](C)(C)CO[Si](C)(O[Si](C)(C)O)c1ccccc1. The molecule has 0 bridgehead atoms. The molecule has 9 heteroatoms. The highest BCUT2D eigenvalue weighted by molar-refractivity contribution is 6.88. The quantitative estimate of drug-likeness (QED) is 0.666. The number of hydrogen-bond donors (Lipinski definition) is 2. The third-order valence-electron chi connectivity index (χ3n) is 2.96. The Hall–Kier alpha value is -0.112. The summed E-state index contributed by atoms with van der Waals surface area (Å²) in [5.41, 5.74) is 0. The van der Waals surface area contributed by atoms with Crippen molar-refractivity contribution >= 4 is 39.2 Å². The first kappa shape index (κ1) is 20.9. The molecule has 0 heterocycles. The number of rotatable bonds is 8. The Bertz CT molecular complexity index is 498. The molecule has 2 N–H and O–H groups in total. The molecule has 0 aliphatic heterocycles. The van der Waals surface area contributed by atoms with Crippen molar-refractivity contribution < 1.29 is 22.2 Å². The van der Waals surface area contributed by atoms with Crippen LogP contribution >= 0.6 is 0 Å². The third kappa shape index (κ3) is 8.00. The van der Waals surface area contributed by atoms with E-state index in [1.807, 2.05) is 50.0 Å². The zero-order valence-electron chi connectivity index (χ0n) is 15.2. The van der Waals surface area contributed by atoms with Gasteiger partial charge >= 0.3 is 25.7 Å². The van der Waals surface area contributed by atoms with E-state index >= 15 is 0 Å². The minimum absolute atomic E-state index is 0.423. The molecule has 0 fully saturated rings. The summed E-state index contributed by atoms with van der Waals surface area (Å²) in [5, 5.41) is 0.986. The van der Waals surface area contributed by atoms with Gasteiger partial charge in [0, 0.05) is 0 Å². The van der Waals surface area contributed by atoms with Crippen molar-refractivity contribution in [1.29, 1.82) is 0 Å². The highest BCUT2D eigenvalue weighted by Crippen LogP contribution is 2.19. The fourth-order valence-corrected chi connectivity index (χ4v) is 16.0. The predicted octanol–water partition coefficient (Wildman–Crippen LogP) is 2.15. The monoisotopic (exact) mass is 390 g/mol. The lowest BCUT2D eigenvalue weighted by molar-refractivity contribution is 0.253. The van der Waals surface area contributed by atoms with Crippen molar-refractivity contribution in [2.24, 2.45) is 0 Å². The molecule has 0 saturated heterocycles. The van der Waals surface area contributed by atoms with Crippen molar-refractivity contribution in [1.82, 2.24) is 0 Å². The molecule has 0 saturated carbocycles. The second kappa shape index (κ2) is 7.41. The molecular weight excluding hydrogens is 360 g/mol. The van der Waals surface area contributed by atoms with E-state index in [0.29, 0.717) is 6.23 Å². The van der Waals surface area contributed by atoms with E-state index in [-0.39, 0.29) is 0 Å². The minimum Gasteiger partial charge on any atom is -0.434 e. The van der Waals surface area contributed by atoms with E-state index in [4.69, 9.17) is 12.7 Å². The summed E-state index contributed by atoms with van der Waals surface area (Å²) in [6.45, 7) is 13.0. The molecule has 0 radical (unpaired) electrons. The van der Waals surface area contributed by atoms with Crippen molar-refractivity contribution in [3.05, 3.63) is 30.3 Å². The minimum atomic E-state index is -2.75. The van der Waals surface area contributed by atoms with E-state index in [2.05, 4.69) is 0 Å². The summed E-state index contributed by atoms with van der Waals surface area (Å²) in [5.74, 6) is 0. The van der Waals surface area contributed by atoms with Gasteiger partial charge in [0.25, 0.3) is 0 Å². The molecule has 1 aromatic carbocycles. The predicted molar refractivity (Wildman–Crippen MR) is 103 cm³/mol. The molecule has 132 valence electrons. The first-order chi connectivity index (χ1) is 10.2. The molecule has 0 spiro atoms. The molecule has 1 aromatic rings. The summed E-state index contributed by atoms with van der Waals surface area (Å²) in [7, 11) is -10.3. The van der Waals surface area contributed by atoms with Crippen molar-refractivity contribution in [3.63, 3.8) is 0 Å². The Kier molecular flexibility index (Phi) is 6.75. The molecule has 1 unspecified atom stereocenters. The summed E-state index contributed by atoms with van der Waals surface area (Å²) >= 11 is 0. The van der Waals surface area contributed by atoms with Gasteiger partial charge in [0.15, 0.2) is 8.32 Å². The van der Waals surface area contributed by atoms with Gasteiger partial charge in [0.2, 0.25) is 0 Å². The molecule has 0 aromatic heterocycles. The van der Waals surface area contributed by atoms with Crippen LogP contribution in [0.3, 0.4) is 0 Å². The van der Waals surface area contributed by atoms with Crippen molar-refractivity contribution in [2.45, 2.75) is 45.8 Å². The van der Waals surface area contributed by atoms with E-state index < -0.39 is 34.0 Å². The second-order valence-electron chi connectivity index (χ2n) is 7.46. The van der Waals surface area contributed by atoms with E-state index in [9.17, 15) is 9.59 Å². The summed E-state index contributed by atoms with van der Waals surface area (Å²) in [4.78, 5) is 20.3. The first-order valence-electron chi connectivity index (χ1n) is 7.77. The maximum atomic E-state index is 10.2. The van der Waals surface area contributed by atoms with Crippen LogP contribution in [0.5, 0.6) is 0 Å². The molecular formula is C14H30O5Si4. The van der Waals surface area contributed by atoms with Crippen LogP contribution in [0.1, 0.15) is 0 Å². The average molecular weight is 391 g/mol. The molecule has 0 aliphatic rings. The fourth-order valence-electron chi connectivity index (χ4n) is 2.41. The summed E-state index contributed by atoms with van der Waals surface area (Å²) < 4.78 is 18.2. The second-order valence-corrected chi connectivity index (χ2v) is 21.4. The van der Waals surface area contributed by atoms with Crippen LogP contribution < -0.4 is 5.19 Å². The maximum Gasteiger partial charge on any atom is 0.360 e. The summed E-state index contributed by atoms with van der Waals surface area (Å²) in [6, 6.07) is 9.80. The Morgan fingerprint density at radius 2 is 1.26 bits per heavy atom. The van der Waals surface area contributed by atoms with E-state index in [1.54, 1.807) is 26.2 Å². The van der Waals surface area contributed by atoms with E-state index in [0.717, 1.165) is 5.19 Å². The van der Waals surface area contributed by atoms with Crippen LogP contribution in [-0.2, 0) is 12.7 Å². The van der Waals surface area contributed by atoms with Crippen molar-refractivity contribution in [3.8, 4) is 0 Å². The van der Waals surface area contributed by atoms with Gasteiger partial charge in [-0.15, -0.1) is 0 Å². The smallest absolute Gasteiger partial charge is 0.360 e. The van der Waals surface area contributed by atoms with Crippen LogP contribution in [0.15, 0.2) is 30.3 Å². The molecule has 1 rings (SSSR count). The molecule has 0 aliphatic carbocycles. The molecule has 0 amide bonds. The lowest BCUT2D eigenvalue weighted by Crippen LogP contribution is -2.60. The van der Waals surface area contributed by atoms with Gasteiger partial charge in [-0.3, -0.25) is 0 Å². The number of hydrogen-bond acceptors (Lipinski definition) is 5. The van der Waals surface area contributed by atoms with Gasteiger partial charge in [-0.1, -0.05) is 30.3 Å². The average Bonchev–Trinajstić information content (AvgIpc) is 2.33. The van der Waals surface area contributed by atoms with Gasteiger partial charge in [0.1, 0.15) is 0 Å². The van der Waals surface area contributed by atoms with E-state index in [1.165, 1.54) is 0 Å². The Morgan fingerprint density at radius 1 is 0.783 bits per heavy atom. The summed E-state index contributed by atoms with van der Waals surface area (Å²) in [6.07, 6.45) is 0.423. The normalized spacial score (nSPS) is 16.2. The Labute approximate surface area is 144 Å². The van der Waals surface area contributed by atoms with Crippen LogP contribution in [0.4, 0.5) is 0 Å². The molecule has 5 nitrogen and oxygen atoms in total. The zero-order chi connectivity index (χ0) is 17.9. The number of benzene rings is 1.